The van der Waals surface area contributed by atoms with E-state index in [9.17, 15) is 13.2 Å². The summed E-state index contributed by atoms with van der Waals surface area (Å²) < 4.78 is 28.0. The van der Waals surface area contributed by atoms with Crippen molar-refractivity contribution in [1.29, 1.82) is 0 Å². The van der Waals surface area contributed by atoms with Gasteiger partial charge in [-0.3, -0.25) is 9.52 Å². The van der Waals surface area contributed by atoms with Gasteiger partial charge in [-0.25, -0.2) is 17.9 Å². The van der Waals surface area contributed by atoms with Crippen molar-refractivity contribution in [2.45, 2.75) is 39.2 Å². The number of amides is 1. The molecule has 4 heterocycles. The van der Waals surface area contributed by atoms with Gasteiger partial charge in [-0.2, -0.15) is 5.10 Å². The van der Waals surface area contributed by atoms with Gasteiger partial charge in [0, 0.05) is 42.5 Å². The van der Waals surface area contributed by atoms with Crippen LogP contribution in [-0.2, 0) is 10.0 Å². The number of fused-ring (bicyclic) bond motifs is 1. The molecule has 1 aromatic carbocycles. The van der Waals surface area contributed by atoms with Crippen molar-refractivity contribution >= 4 is 44.7 Å². The lowest BCUT2D eigenvalue weighted by atomic mass is 9.98. The van der Waals surface area contributed by atoms with E-state index in [0.717, 1.165) is 61.3 Å². The Morgan fingerprint density at radius 1 is 1.20 bits per heavy atom. The Hall–Kier alpha value is -2.85. The minimum absolute atomic E-state index is 0.215. The van der Waals surface area contributed by atoms with E-state index in [-0.39, 0.29) is 23.2 Å². The van der Waals surface area contributed by atoms with Crippen LogP contribution in [0, 0.1) is 12.8 Å². The Morgan fingerprint density at radius 2 is 1.97 bits per heavy atom. The maximum atomic E-state index is 13.7. The Bertz CT molecular complexity index is 1400. The summed E-state index contributed by atoms with van der Waals surface area (Å²) in [5.41, 5.74) is 3.03. The van der Waals surface area contributed by atoms with Crippen molar-refractivity contribution in [2.75, 3.05) is 35.5 Å². The summed E-state index contributed by atoms with van der Waals surface area (Å²) in [5, 5.41) is 5.15. The van der Waals surface area contributed by atoms with Gasteiger partial charge in [-0.05, 0) is 50.3 Å². The van der Waals surface area contributed by atoms with E-state index in [4.69, 9.17) is 21.7 Å². The maximum Gasteiger partial charge on any atom is 0.256 e. The van der Waals surface area contributed by atoms with Crippen LogP contribution in [-0.4, -0.2) is 59.7 Å². The third-order valence-corrected chi connectivity index (χ3v) is 7.43. The number of halogens is 1. The van der Waals surface area contributed by atoms with Crippen LogP contribution in [0.4, 0.5) is 11.5 Å². The molecule has 11 heteroatoms. The van der Waals surface area contributed by atoms with Gasteiger partial charge >= 0.3 is 0 Å². The summed E-state index contributed by atoms with van der Waals surface area (Å²) in [6, 6.07) is 6.31. The van der Waals surface area contributed by atoms with Crippen LogP contribution in [0.25, 0.3) is 5.65 Å². The van der Waals surface area contributed by atoms with Crippen molar-refractivity contribution in [1.82, 2.24) is 19.5 Å². The van der Waals surface area contributed by atoms with Crippen LogP contribution in [0.15, 0.2) is 30.5 Å². The van der Waals surface area contributed by atoms with Crippen molar-refractivity contribution < 1.29 is 13.2 Å². The van der Waals surface area contributed by atoms with Crippen molar-refractivity contribution in [3.8, 4) is 0 Å². The van der Waals surface area contributed by atoms with Crippen LogP contribution in [0.5, 0.6) is 0 Å². The van der Waals surface area contributed by atoms with E-state index < -0.39 is 10.0 Å². The summed E-state index contributed by atoms with van der Waals surface area (Å²) in [6.07, 6.45) is 5.64. The predicted octanol–water partition coefficient (Wildman–Crippen LogP) is 3.89. The van der Waals surface area contributed by atoms with E-state index in [1.165, 1.54) is 12.1 Å². The first kappa shape index (κ1) is 23.9. The van der Waals surface area contributed by atoms with Crippen LogP contribution in [0.1, 0.15) is 53.8 Å². The molecular weight excluding hydrogens is 488 g/mol. The summed E-state index contributed by atoms with van der Waals surface area (Å²) in [5.74, 6) is 1.37. The average Bonchev–Trinajstić information content (AvgIpc) is 3.19. The van der Waals surface area contributed by atoms with Gasteiger partial charge in [0.2, 0.25) is 10.0 Å². The number of nitrogens with zero attached hydrogens (tertiary/aromatic N) is 5. The largest absolute Gasteiger partial charge is 0.356 e. The molecule has 1 amide bonds. The van der Waals surface area contributed by atoms with Gasteiger partial charge in [0.25, 0.3) is 5.91 Å². The zero-order chi connectivity index (χ0) is 24.9. The summed E-state index contributed by atoms with van der Waals surface area (Å²) in [4.78, 5) is 22.6. The Kier molecular flexibility index (Phi) is 6.13. The first-order valence-corrected chi connectivity index (χ1v) is 14.1. The Labute approximate surface area is 210 Å². The molecule has 35 heavy (non-hydrogen) atoms. The molecule has 2 aromatic heterocycles. The predicted molar refractivity (Wildman–Crippen MR) is 137 cm³/mol. The minimum Gasteiger partial charge on any atom is -0.356 e. The molecule has 0 spiro atoms. The third kappa shape index (κ3) is 4.81. The number of piperidine rings is 1. The molecule has 2 fully saturated rings. The van der Waals surface area contributed by atoms with Crippen LogP contribution in [0.2, 0.25) is 5.02 Å². The highest BCUT2D eigenvalue weighted by Gasteiger charge is 2.33. The number of carbonyl (C=O) groups is 1. The van der Waals surface area contributed by atoms with Gasteiger partial charge in [0.1, 0.15) is 5.82 Å². The van der Waals surface area contributed by atoms with Gasteiger partial charge in [-0.15, -0.1) is 0 Å². The number of anilines is 2. The summed E-state index contributed by atoms with van der Waals surface area (Å²) in [6.45, 7) is 6.81. The molecule has 0 radical (unpaired) electrons. The minimum atomic E-state index is -3.57. The van der Waals surface area contributed by atoms with Crippen LogP contribution in [0.3, 0.4) is 0 Å². The number of rotatable bonds is 5. The highest BCUT2D eigenvalue weighted by atomic mass is 35.5. The number of likely N-dealkylation sites (tertiary alicyclic amines) is 1. The second kappa shape index (κ2) is 8.98. The number of sulfonamides is 1. The zero-order valence-corrected chi connectivity index (χ0v) is 21.6. The lowest BCUT2D eigenvalue weighted by Crippen LogP contribution is -2.46. The first-order chi connectivity index (χ1) is 16.6. The number of aromatic nitrogens is 3. The molecule has 5 rings (SSSR count). The maximum absolute atomic E-state index is 13.7. The Morgan fingerprint density at radius 3 is 2.69 bits per heavy atom. The highest BCUT2D eigenvalue weighted by Crippen LogP contribution is 2.34. The molecule has 2 saturated heterocycles. The van der Waals surface area contributed by atoms with Gasteiger partial charge in [0.05, 0.1) is 29.2 Å². The number of hydrogen-bond donors (Lipinski definition) is 1. The van der Waals surface area contributed by atoms with Crippen LogP contribution >= 0.6 is 11.6 Å². The SMILES string of the molecule is Cc1cn2nc([C@@H]3CCCCN3C(=O)c3cc(Cl)ccc3NS(C)(=O)=O)cc2nc1N1CC(C)C1. The van der Waals surface area contributed by atoms with Crippen molar-refractivity contribution in [2.24, 2.45) is 5.92 Å². The van der Waals surface area contributed by atoms with Gasteiger partial charge in [0.15, 0.2) is 5.65 Å². The fourth-order valence-corrected chi connectivity index (χ4v) is 5.74. The molecule has 1 atom stereocenters. The lowest BCUT2D eigenvalue weighted by Gasteiger charge is -2.38. The highest BCUT2D eigenvalue weighted by molar-refractivity contribution is 7.92. The number of aryl methyl sites for hydroxylation is 1. The monoisotopic (exact) mass is 516 g/mol. The fourth-order valence-electron chi connectivity index (χ4n) is 4.99. The van der Waals surface area contributed by atoms with Gasteiger partial charge < -0.3 is 9.80 Å². The molecule has 0 saturated carbocycles. The molecule has 0 unspecified atom stereocenters. The molecule has 2 aliphatic heterocycles. The molecule has 186 valence electrons. The van der Waals surface area contributed by atoms with E-state index in [0.29, 0.717) is 17.5 Å². The zero-order valence-electron chi connectivity index (χ0n) is 20.0. The Balaban J connectivity index is 1.49. The molecular formula is C24H29ClN6O3S. The van der Waals surface area contributed by atoms with E-state index in [1.807, 2.05) is 19.2 Å². The standard InChI is InChI=1S/C24H29ClN6O3S/c1-15-12-29(13-15)23-16(2)14-31-22(26-23)11-20(27-31)21-6-4-5-9-30(21)24(32)18-10-17(25)7-8-19(18)28-35(3,33)34/h7-8,10-11,14-15,21,28H,4-6,9,12-13H2,1-3H3/t21-/m0/s1. The number of hydrogen-bond acceptors (Lipinski definition) is 6. The quantitative estimate of drug-likeness (QED) is 0.552. The van der Waals surface area contributed by atoms with Crippen molar-refractivity contribution in [3.63, 3.8) is 0 Å². The number of carbonyl (C=O) groups excluding carboxylic acids is 1. The third-order valence-electron chi connectivity index (χ3n) is 6.60. The van der Waals surface area contributed by atoms with Crippen molar-refractivity contribution in [3.05, 3.63) is 52.3 Å². The fraction of sp³-hybridized carbons (Fsp3) is 0.458. The molecule has 2 aliphatic rings. The number of benzene rings is 1. The van der Waals surface area contributed by atoms with E-state index >= 15 is 0 Å². The van der Waals surface area contributed by atoms with E-state index in [2.05, 4.69) is 16.5 Å². The second-order valence-electron chi connectivity index (χ2n) is 9.70. The summed E-state index contributed by atoms with van der Waals surface area (Å²) in [7, 11) is -3.57. The average molecular weight is 517 g/mol. The molecule has 1 N–H and O–H groups in total. The van der Waals surface area contributed by atoms with E-state index in [1.54, 1.807) is 15.5 Å². The normalized spacial score (nSPS) is 19.1. The molecule has 9 nitrogen and oxygen atoms in total. The topological polar surface area (TPSA) is 99.9 Å². The second-order valence-corrected chi connectivity index (χ2v) is 11.9. The molecule has 3 aromatic rings. The van der Waals surface area contributed by atoms with Crippen LogP contribution < -0.4 is 9.62 Å². The number of nitrogens with one attached hydrogen (secondary N) is 1. The summed E-state index contributed by atoms with van der Waals surface area (Å²) >= 11 is 6.18. The lowest BCUT2D eigenvalue weighted by molar-refractivity contribution is 0.0607. The first-order valence-electron chi connectivity index (χ1n) is 11.8. The smallest absolute Gasteiger partial charge is 0.256 e. The van der Waals surface area contributed by atoms with Gasteiger partial charge in [-0.1, -0.05) is 18.5 Å². The molecule has 0 bridgehead atoms. The molecule has 0 aliphatic carbocycles.